The first kappa shape index (κ1) is 14.1. The van der Waals surface area contributed by atoms with Crippen molar-refractivity contribution in [1.82, 2.24) is 8.87 Å². The van der Waals surface area contributed by atoms with Crippen LogP contribution < -0.4 is 0 Å². The third kappa shape index (κ3) is 2.28. The molecule has 2 rings (SSSR count). The third-order valence-corrected chi connectivity index (χ3v) is 5.55. The number of nitrogens with zero attached hydrogens (tertiary/aromatic N) is 2. The Morgan fingerprint density at radius 3 is 2.42 bits per heavy atom. The molecule has 1 aromatic heterocycles. The van der Waals surface area contributed by atoms with E-state index in [1.54, 1.807) is 12.1 Å². The summed E-state index contributed by atoms with van der Waals surface area (Å²) in [6, 6.07) is 5.34. The number of hydrogen-bond donors (Lipinski definition) is 0. The van der Waals surface area contributed by atoms with Crippen molar-refractivity contribution in [1.29, 1.82) is 0 Å². The van der Waals surface area contributed by atoms with Crippen molar-refractivity contribution in [3.8, 4) is 0 Å². The van der Waals surface area contributed by atoms with Gasteiger partial charge in [-0.3, -0.25) is 0 Å². The molecule has 0 saturated heterocycles. The molecule has 0 aliphatic rings. The summed E-state index contributed by atoms with van der Waals surface area (Å²) in [7, 11) is -1.41. The number of benzene rings is 1. The summed E-state index contributed by atoms with van der Waals surface area (Å²) in [5.41, 5.74) is 2.14. The highest BCUT2D eigenvalue weighted by molar-refractivity contribution is 7.89. The average Bonchev–Trinajstić information content (AvgIpc) is 2.66. The second-order valence-electron chi connectivity index (χ2n) is 4.69. The highest BCUT2D eigenvalue weighted by Gasteiger charge is 2.22. The minimum absolute atomic E-state index is 0.373. The predicted octanol–water partition coefficient (Wildman–Crippen LogP) is 2.52. The number of hydrogen-bond acceptors (Lipinski definition) is 2. The average molecular weight is 280 g/mol. The fourth-order valence-electron chi connectivity index (χ4n) is 2.44. The second-order valence-corrected chi connectivity index (χ2v) is 6.63. The van der Waals surface area contributed by atoms with Gasteiger partial charge in [0.25, 0.3) is 0 Å². The number of rotatable bonds is 4. The summed E-state index contributed by atoms with van der Waals surface area (Å²) in [5, 5.41) is 0.996. The lowest BCUT2D eigenvalue weighted by Gasteiger charge is -2.18. The summed E-state index contributed by atoms with van der Waals surface area (Å²) in [6.07, 6.45) is 2.01. The summed E-state index contributed by atoms with van der Waals surface area (Å²) >= 11 is 0. The van der Waals surface area contributed by atoms with Crippen molar-refractivity contribution in [2.24, 2.45) is 7.05 Å². The maximum atomic E-state index is 12.5. The van der Waals surface area contributed by atoms with Gasteiger partial charge >= 0.3 is 0 Å². The topological polar surface area (TPSA) is 42.3 Å². The zero-order valence-electron chi connectivity index (χ0n) is 11.8. The first-order chi connectivity index (χ1) is 8.91. The minimum Gasteiger partial charge on any atom is -0.350 e. The Kier molecular flexibility index (Phi) is 3.69. The van der Waals surface area contributed by atoms with E-state index in [2.05, 4.69) is 0 Å². The molecular weight excluding hydrogens is 260 g/mol. The van der Waals surface area contributed by atoms with Gasteiger partial charge in [-0.25, -0.2) is 8.42 Å². The Bertz CT molecular complexity index is 698. The quantitative estimate of drug-likeness (QED) is 0.863. The zero-order valence-corrected chi connectivity index (χ0v) is 12.7. The largest absolute Gasteiger partial charge is 0.350 e. The summed E-state index contributed by atoms with van der Waals surface area (Å²) in [4.78, 5) is 0.373. The van der Waals surface area contributed by atoms with Crippen LogP contribution in [-0.4, -0.2) is 30.4 Å². The van der Waals surface area contributed by atoms with Crippen LogP contribution in [0.15, 0.2) is 29.3 Å². The van der Waals surface area contributed by atoms with Crippen LogP contribution in [0, 0.1) is 6.92 Å². The lowest BCUT2D eigenvalue weighted by atomic mass is 10.2. The van der Waals surface area contributed by atoms with Crippen LogP contribution in [0.1, 0.15) is 19.4 Å². The summed E-state index contributed by atoms with van der Waals surface area (Å²) in [6.45, 7) is 6.69. The van der Waals surface area contributed by atoms with Crippen LogP contribution in [0.3, 0.4) is 0 Å². The van der Waals surface area contributed by atoms with E-state index in [1.165, 1.54) is 4.31 Å². The third-order valence-electron chi connectivity index (χ3n) is 3.50. The maximum Gasteiger partial charge on any atom is 0.243 e. The highest BCUT2D eigenvalue weighted by atomic mass is 32.2. The monoisotopic (exact) mass is 280 g/mol. The van der Waals surface area contributed by atoms with Crippen molar-refractivity contribution in [2.45, 2.75) is 25.7 Å². The maximum absolute atomic E-state index is 12.5. The first-order valence-electron chi connectivity index (χ1n) is 6.47. The molecule has 0 spiro atoms. The van der Waals surface area contributed by atoms with Crippen molar-refractivity contribution in [3.05, 3.63) is 30.0 Å². The molecule has 0 unspecified atom stereocenters. The van der Waals surface area contributed by atoms with Gasteiger partial charge in [0.2, 0.25) is 10.0 Å². The molecule has 0 saturated carbocycles. The molecule has 1 aromatic carbocycles. The van der Waals surface area contributed by atoms with Crippen molar-refractivity contribution >= 4 is 20.9 Å². The van der Waals surface area contributed by atoms with Gasteiger partial charge in [-0.1, -0.05) is 13.8 Å². The molecule has 1 heterocycles. The van der Waals surface area contributed by atoms with Gasteiger partial charge in [-0.2, -0.15) is 4.31 Å². The Balaban J connectivity index is 2.61. The van der Waals surface area contributed by atoms with E-state index in [-0.39, 0.29) is 0 Å². The van der Waals surface area contributed by atoms with Gasteiger partial charge in [0.05, 0.1) is 4.90 Å². The minimum atomic E-state index is -3.38. The molecule has 0 radical (unpaired) electrons. The van der Waals surface area contributed by atoms with Crippen molar-refractivity contribution in [3.63, 3.8) is 0 Å². The molecule has 0 fully saturated rings. The smallest absolute Gasteiger partial charge is 0.243 e. The number of fused-ring (bicyclic) bond motifs is 1. The van der Waals surface area contributed by atoms with Crippen LogP contribution in [0.4, 0.5) is 0 Å². The molecule has 0 amide bonds. The predicted molar refractivity (Wildman–Crippen MR) is 77.8 cm³/mol. The van der Waals surface area contributed by atoms with Gasteiger partial charge in [0.15, 0.2) is 0 Å². The summed E-state index contributed by atoms with van der Waals surface area (Å²) in [5.74, 6) is 0. The standard InChI is InChI=1S/C14H20N2O2S/c1-5-16(6-2)19(17,18)12-7-8-14-13(9-12)11(3)10-15(14)4/h7-10H,5-6H2,1-4H3. The summed E-state index contributed by atoms with van der Waals surface area (Å²) < 4.78 is 28.4. The Hall–Kier alpha value is -1.33. The fraction of sp³-hybridized carbons (Fsp3) is 0.429. The van der Waals surface area contributed by atoms with Crippen LogP contribution in [0.5, 0.6) is 0 Å². The fourth-order valence-corrected chi connectivity index (χ4v) is 3.93. The van der Waals surface area contributed by atoms with E-state index in [0.29, 0.717) is 18.0 Å². The molecule has 0 bridgehead atoms. The number of aromatic nitrogens is 1. The van der Waals surface area contributed by atoms with Gasteiger partial charge < -0.3 is 4.57 Å². The van der Waals surface area contributed by atoms with Gasteiger partial charge in [0.1, 0.15) is 0 Å². The first-order valence-corrected chi connectivity index (χ1v) is 7.91. The van der Waals surface area contributed by atoms with E-state index >= 15 is 0 Å². The highest BCUT2D eigenvalue weighted by Crippen LogP contribution is 2.25. The molecule has 0 atom stereocenters. The Morgan fingerprint density at radius 1 is 1.21 bits per heavy atom. The molecule has 0 aliphatic carbocycles. The van der Waals surface area contributed by atoms with E-state index in [1.807, 2.05) is 44.6 Å². The molecule has 2 aromatic rings. The Morgan fingerprint density at radius 2 is 1.84 bits per heavy atom. The van der Waals surface area contributed by atoms with Gasteiger partial charge in [-0.05, 0) is 30.7 Å². The lowest BCUT2D eigenvalue weighted by molar-refractivity contribution is 0.445. The van der Waals surface area contributed by atoms with Crippen LogP contribution in [0.25, 0.3) is 10.9 Å². The SMILES string of the molecule is CCN(CC)S(=O)(=O)c1ccc2c(c1)c(C)cn2C. The van der Waals surface area contributed by atoms with Crippen molar-refractivity contribution < 1.29 is 8.42 Å². The van der Waals surface area contributed by atoms with E-state index in [0.717, 1.165) is 16.5 Å². The molecular formula is C14H20N2O2S. The number of aryl methyl sites for hydroxylation is 2. The van der Waals surface area contributed by atoms with Gasteiger partial charge in [-0.15, -0.1) is 0 Å². The van der Waals surface area contributed by atoms with Crippen molar-refractivity contribution in [2.75, 3.05) is 13.1 Å². The van der Waals surface area contributed by atoms with Crippen LogP contribution >= 0.6 is 0 Å². The molecule has 4 nitrogen and oxygen atoms in total. The van der Waals surface area contributed by atoms with Crippen LogP contribution in [-0.2, 0) is 17.1 Å². The van der Waals surface area contributed by atoms with Gasteiger partial charge in [0, 0.05) is 37.2 Å². The van der Waals surface area contributed by atoms with E-state index in [9.17, 15) is 8.42 Å². The normalized spacial score (nSPS) is 12.5. The Labute approximate surface area is 114 Å². The van der Waals surface area contributed by atoms with E-state index in [4.69, 9.17) is 0 Å². The molecule has 0 aliphatic heterocycles. The molecule has 0 N–H and O–H groups in total. The molecule has 5 heteroatoms. The van der Waals surface area contributed by atoms with E-state index < -0.39 is 10.0 Å². The molecule has 19 heavy (non-hydrogen) atoms. The van der Waals surface area contributed by atoms with Crippen LogP contribution in [0.2, 0.25) is 0 Å². The number of sulfonamides is 1. The lowest BCUT2D eigenvalue weighted by Crippen LogP contribution is -2.30. The zero-order chi connectivity index (χ0) is 14.2. The second kappa shape index (κ2) is 4.98. The molecule has 104 valence electrons.